The third-order valence-electron chi connectivity index (χ3n) is 5.05. The standard InChI is InChI=1S/C17H20FNO3/c18-13-4-1-3-11(7-13)10-17(5-2-6-17)16(22)19-14-8-12(9-14)15(20)21/h1,3-4,7,12,14H,2,5-6,8-10H2,(H,19,22)(H,20,21). The van der Waals surface area contributed by atoms with Crippen LogP contribution in [-0.4, -0.2) is 23.0 Å². The summed E-state index contributed by atoms with van der Waals surface area (Å²) in [7, 11) is 0. The third-order valence-corrected chi connectivity index (χ3v) is 5.05. The maximum absolute atomic E-state index is 13.3. The van der Waals surface area contributed by atoms with Gasteiger partial charge in [0.1, 0.15) is 5.82 Å². The Labute approximate surface area is 128 Å². The van der Waals surface area contributed by atoms with Crippen LogP contribution >= 0.6 is 0 Å². The third kappa shape index (κ3) is 2.85. The molecule has 2 aliphatic carbocycles. The van der Waals surface area contributed by atoms with Gasteiger partial charge in [-0.1, -0.05) is 18.6 Å². The SMILES string of the molecule is O=C(O)C1CC(NC(=O)C2(Cc3cccc(F)c3)CCC2)C1. The predicted molar refractivity (Wildman–Crippen MR) is 78.7 cm³/mol. The first kappa shape index (κ1) is 15.0. The molecule has 2 N–H and O–H groups in total. The second-order valence-electron chi connectivity index (χ2n) is 6.62. The van der Waals surface area contributed by atoms with E-state index in [0.717, 1.165) is 24.8 Å². The van der Waals surface area contributed by atoms with E-state index in [9.17, 15) is 14.0 Å². The lowest BCUT2D eigenvalue weighted by Crippen LogP contribution is -2.54. The van der Waals surface area contributed by atoms with E-state index in [1.807, 2.05) is 6.07 Å². The van der Waals surface area contributed by atoms with Gasteiger partial charge < -0.3 is 10.4 Å². The lowest BCUT2D eigenvalue weighted by Gasteiger charge is -2.43. The van der Waals surface area contributed by atoms with Gasteiger partial charge in [0.15, 0.2) is 0 Å². The van der Waals surface area contributed by atoms with Crippen molar-refractivity contribution in [2.24, 2.45) is 11.3 Å². The van der Waals surface area contributed by atoms with E-state index < -0.39 is 11.4 Å². The topological polar surface area (TPSA) is 66.4 Å². The van der Waals surface area contributed by atoms with Crippen LogP contribution in [-0.2, 0) is 16.0 Å². The van der Waals surface area contributed by atoms with Gasteiger partial charge in [0.2, 0.25) is 5.91 Å². The van der Waals surface area contributed by atoms with Gasteiger partial charge in [-0.3, -0.25) is 9.59 Å². The Morgan fingerprint density at radius 2 is 2.05 bits per heavy atom. The van der Waals surface area contributed by atoms with Gasteiger partial charge in [0, 0.05) is 6.04 Å². The number of nitrogens with one attached hydrogen (secondary N) is 1. The van der Waals surface area contributed by atoms with E-state index in [1.165, 1.54) is 12.1 Å². The minimum absolute atomic E-state index is 0.00292. The first-order valence-corrected chi connectivity index (χ1v) is 7.77. The first-order valence-electron chi connectivity index (χ1n) is 7.77. The molecular formula is C17H20FNO3. The molecule has 1 aromatic rings. The van der Waals surface area contributed by atoms with Crippen molar-refractivity contribution in [1.29, 1.82) is 0 Å². The summed E-state index contributed by atoms with van der Waals surface area (Å²) in [6.45, 7) is 0. The second kappa shape index (κ2) is 5.71. The van der Waals surface area contributed by atoms with Crippen molar-refractivity contribution in [2.45, 2.75) is 44.6 Å². The number of hydrogen-bond acceptors (Lipinski definition) is 2. The van der Waals surface area contributed by atoms with Crippen LogP contribution in [0.4, 0.5) is 4.39 Å². The molecule has 5 heteroatoms. The molecule has 2 saturated carbocycles. The van der Waals surface area contributed by atoms with Crippen LogP contribution in [0.1, 0.15) is 37.7 Å². The molecule has 0 atom stereocenters. The summed E-state index contributed by atoms with van der Waals surface area (Å²) in [4.78, 5) is 23.4. The summed E-state index contributed by atoms with van der Waals surface area (Å²) in [5.74, 6) is -1.40. The van der Waals surface area contributed by atoms with Gasteiger partial charge >= 0.3 is 5.97 Å². The molecule has 0 aromatic heterocycles. The number of hydrogen-bond donors (Lipinski definition) is 2. The maximum Gasteiger partial charge on any atom is 0.306 e. The maximum atomic E-state index is 13.3. The number of halogens is 1. The molecule has 2 fully saturated rings. The van der Waals surface area contributed by atoms with Crippen LogP contribution in [0.2, 0.25) is 0 Å². The van der Waals surface area contributed by atoms with Crippen molar-refractivity contribution in [1.82, 2.24) is 5.32 Å². The molecule has 1 amide bonds. The summed E-state index contributed by atoms with van der Waals surface area (Å²) in [6.07, 6.45) is 4.19. The normalized spacial score (nSPS) is 25.7. The number of benzene rings is 1. The van der Waals surface area contributed by atoms with E-state index in [2.05, 4.69) is 5.32 Å². The van der Waals surface area contributed by atoms with Crippen LogP contribution in [0.5, 0.6) is 0 Å². The van der Waals surface area contributed by atoms with E-state index in [0.29, 0.717) is 19.3 Å². The van der Waals surface area contributed by atoms with Crippen molar-refractivity contribution in [3.8, 4) is 0 Å². The molecule has 0 saturated heterocycles. The highest BCUT2D eigenvalue weighted by Gasteiger charge is 2.46. The Morgan fingerprint density at radius 3 is 2.59 bits per heavy atom. The van der Waals surface area contributed by atoms with Crippen LogP contribution in [0.25, 0.3) is 0 Å². The average Bonchev–Trinajstić information content (AvgIpc) is 2.37. The smallest absolute Gasteiger partial charge is 0.306 e. The minimum atomic E-state index is -0.788. The van der Waals surface area contributed by atoms with Crippen LogP contribution in [0.15, 0.2) is 24.3 Å². The van der Waals surface area contributed by atoms with Crippen LogP contribution in [0, 0.1) is 17.2 Å². The van der Waals surface area contributed by atoms with Gasteiger partial charge in [0.05, 0.1) is 11.3 Å². The summed E-state index contributed by atoms with van der Waals surface area (Å²) >= 11 is 0. The zero-order chi connectivity index (χ0) is 15.7. The molecule has 4 nitrogen and oxygen atoms in total. The average molecular weight is 305 g/mol. The molecule has 0 bridgehead atoms. The Morgan fingerprint density at radius 1 is 1.32 bits per heavy atom. The van der Waals surface area contributed by atoms with Gasteiger partial charge in [-0.05, 0) is 49.8 Å². The number of rotatable bonds is 5. The lowest BCUT2D eigenvalue weighted by atomic mass is 9.64. The van der Waals surface area contributed by atoms with Gasteiger partial charge in [0.25, 0.3) is 0 Å². The van der Waals surface area contributed by atoms with Gasteiger partial charge in [-0.25, -0.2) is 4.39 Å². The molecular weight excluding hydrogens is 285 g/mol. The monoisotopic (exact) mass is 305 g/mol. The molecule has 118 valence electrons. The van der Waals surface area contributed by atoms with Crippen molar-refractivity contribution < 1.29 is 19.1 Å². The number of carboxylic acid groups (broad SMARTS) is 1. The number of aliphatic carboxylic acids is 1. The summed E-state index contributed by atoms with van der Waals surface area (Å²) < 4.78 is 13.3. The van der Waals surface area contributed by atoms with Crippen molar-refractivity contribution in [3.63, 3.8) is 0 Å². The lowest BCUT2D eigenvalue weighted by molar-refractivity contribution is -0.147. The Hall–Kier alpha value is -1.91. The van der Waals surface area contributed by atoms with E-state index >= 15 is 0 Å². The minimum Gasteiger partial charge on any atom is -0.481 e. The molecule has 0 spiro atoms. The highest BCUT2D eigenvalue weighted by atomic mass is 19.1. The first-order chi connectivity index (χ1) is 10.5. The number of carboxylic acids is 1. The largest absolute Gasteiger partial charge is 0.481 e. The van der Waals surface area contributed by atoms with E-state index in [-0.39, 0.29) is 23.7 Å². The molecule has 0 unspecified atom stereocenters. The fourth-order valence-electron chi connectivity index (χ4n) is 3.40. The molecule has 1 aromatic carbocycles. The van der Waals surface area contributed by atoms with Crippen molar-refractivity contribution >= 4 is 11.9 Å². The van der Waals surface area contributed by atoms with E-state index in [4.69, 9.17) is 5.11 Å². The van der Waals surface area contributed by atoms with Crippen LogP contribution in [0.3, 0.4) is 0 Å². The van der Waals surface area contributed by atoms with Crippen molar-refractivity contribution in [2.75, 3.05) is 0 Å². The number of carbonyl (C=O) groups is 2. The van der Waals surface area contributed by atoms with Crippen LogP contribution < -0.4 is 5.32 Å². The molecule has 22 heavy (non-hydrogen) atoms. The molecule has 0 radical (unpaired) electrons. The molecule has 2 aliphatic rings. The molecule has 0 aliphatic heterocycles. The highest BCUT2D eigenvalue weighted by Crippen LogP contribution is 2.44. The summed E-state index contributed by atoms with van der Waals surface area (Å²) in [5.41, 5.74) is 0.397. The zero-order valence-electron chi connectivity index (χ0n) is 12.3. The fraction of sp³-hybridized carbons (Fsp3) is 0.529. The molecule has 0 heterocycles. The Balaban J connectivity index is 1.61. The number of amides is 1. The van der Waals surface area contributed by atoms with Crippen molar-refractivity contribution in [3.05, 3.63) is 35.6 Å². The second-order valence-corrected chi connectivity index (χ2v) is 6.62. The van der Waals surface area contributed by atoms with Gasteiger partial charge in [-0.15, -0.1) is 0 Å². The number of carbonyl (C=O) groups excluding carboxylic acids is 1. The quantitative estimate of drug-likeness (QED) is 0.878. The highest BCUT2D eigenvalue weighted by molar-refractivity contribution is 5.84. The zero-order valence-corrected chi connectivity index (χ0v) is 12.3. The summed E-state index contributed by atoms with van der Waals surface area (Å²) in [5, 5.41) is 11.9. The Kier molecular flexibility index (Phi) is 3.89. The molecule has 3 rings (SSSR count). The Bertz CT molecular complexity index is 591. The fourth-order valence-corrected chi connectivity index (χ4v) is 3.40. The summed E-state index contributed by atoms with van der Waals surface area (Å²) in [6, 6.07) is 6.37. The van der Waals surface area contributed by atoms with Gasteiger partial charge in [-0.2, -0.15) is 0 Å². The van der Waals surface area contributed by atoms with E-state index in [1.54, 1.807) is 6.07 Å². The predicted octanol–water partition coefficient (Wildman–Crippen LogP) is 2.52.